The first kappa shape index (κ1) is 36.6. The molecule has 1 aliphatic heterocycles. The van der Waals surface area contributed by atoms with Crippen LogP contribution in [0.2, 0.25) is 0 Å². The van der Waals surface area contributed by atoms with Gasteiger partial charge in [0.1, 0.15) is 18.7 Å². The molecule has 3 aromatic rings. The molecule has 0 bridgehead atoms. The van der Waals surface area contributed by atoms with Crippen LogP contribution in [0.1, 0.15) is 68.1 Å². The molecule has 6 rings (SSSR count). The smallest absolute Gasteiger partial charge is 0.407 e. The Bertz CT molecular complexity index is 1720. The lowest BCUT2D eigenvalue weighted by Gasteiger charge is -2.28. The number of ether oxygens (including phenoxy) is 1. The zero-order valence-corrected chi connectivity index (χ0v) is 29.3. The molecule has 1 saturated carbocycles. The van der Waals surface area contributed by atoms with Gasteiger partial charge in [0, 0.05) is 30.8 Å². The van der Waals surface area contributed by atoms with Crippen LogP contribution in [0.25, 0.3) is 11.1 Å². The van der Waals surface area contributed by atoms with Crippen molar-refractivity contribution in [3.05, 3.63) is 95.6 Å². The van der Waals surface area contributed by atoms with Crippen LogP contribution in [0.15, 0.2) is 78.9 Å². The predicted octanol–water partition coefficient (Wildman–Crippen LogP) is 3.07. The molecule has 1 unspecified atom stereocenters. The van der Waals surface area contributed by atoms with Gasteiger partial charge in [0.25, 0.3) is 5.91 Å². The number of aliphatic hydroxyl groups is 1. The number of carbonyl (C=O) groups excluding carboxylic acids is 5. The average Bonchev–Trinajstić information content (AvgIpc) is 3.79. The second-order valence-corrected chi connectivity index (χ2v) is 13.9. The summed E-state index contributed by atoms with van der Waals surface area (Å²) in [5, 5.41) is 24.8. The Kier molecular flexibility index (Phi) is 11.9. The standard InChI is InChI=1S/C40H47N5O7/c1-2-10-32(37(48)44-33(22-25-19-20-41-36(25)47)35(46)39(50)42-26-17-18-26)43-38(49)34(21-24-11-4-3-5-12-24)45-40(51)52-23-31-29-15-8-6-13-27(29)28-14-7-9-16-30(28)31/h3-9,11-16,25-26,31-35,46H,2,10,17-23H2,1H3,(H,41,47)(H,42,50)(H,43,49)(H,44,48)(H,45,51)/t25-,32-,33-,34+,35?/m0/s1. The number of hydrogen-bond donors (Lipinski definition) is 6. The Morgan fingerprint density at radius 2 is 1.44 bits per heavy atom. The molecular weight excluding hydrogens is 662 g/mol. The Hall–Kier alpha value is -5.23. The first-order chi connectivity index (χ1) is 25.2. The van der Waals surface area contributed by atoms with Crippen molar-refractivity contribution in [2.45, 2.75) is 88.1 Å². The van der Waals surface area contributed by atoms with Crippen molar-refractivity contribution < 1.29 is 33.8 Å². The third-order valence-corrected chi connectivity index (χ3v) is 10.0. The number of amides is 5. The highest BCUT2D eigenvalue weighted by Crippen LogP contribution is 2.44. The molecule has 3 aliphatic rings. The highest BCUT2D eigenvalue weighted by molar-refractivity contribution is 5.92. The Morgan fingerprint density at radius 1 is 0.808 bits per heavy atom. The van der Waals surface area contributed by atoms with Crippen LogP contribution in [-0.2, 0) is 30.3 Å². The van der Waals surface area contributed by atoms with Gasteiger partial charge in [-0.1, -0.05) is 92.2 Å². The van der Waals surface area contributed by atoms with E-state index in [1.807, 2.05) is 73.7 Å². The van der Waals surface area contributed by atoms with Gasteiger partial charge in [0.05, 0.1) is 6.04 Å². The molecule has 0 aromatic heterocycles. The maximum absolute atomic E-state index is 13.9. The molecule has 0 spiro atoms. The van der Waals surface area contributed by atoms with Gasteiger partial charge in [-0.25, -0.2) is 4.79 Å². The highest BCUT2D eigenvalue weighted by atomic mass is 16.5. The topological polar surface area (TPSA) is 175 Å². The molecule has 0 radical (unpaired) electrons. The number of aliphatic hydroxyl groups excluding tert-OH is 1. The summed E-state index contributed by atoms with van der Waals surface area (Å²) in [6.45, 7) is 2.40. The maximum Gasteiger partial charge on any atom is 0.407 e. The summed E-state index contributed by atoms with van der Waals surface area (Å²) < 4.78 is 5.76. The van der Waals surface area contributed by atoms with Crippen LogP contribution >= 0.6 is 0 Å². The third kappa shape index (κ3) is 8.97. The Morgan fingerprint density at radius 3 is 2.06 bits per heavy atom. The largest absolute Gasteiger partial charge is 0.449 e. The van der Waals surface area contributed by atoms with Crippen molar-refractivity contribution in [3.8, 4) is 11.1 Å². The van der Waals surface area contributed by atoms with Crippen LogP contribution in [0, 0.1) is 5.92 Å². The van der Waals surface area contributed by atoms with Crippen molar-refractivity contribution in [2.75, 3.05) is 13.2 Å². The van der Waals surface area contributed by atoms with E-state index in [1.165, 1.54) is 0 Å². The summed E-state index contributed by atoms with van der Waals surface area (Å²) in [5.74, 6) is -2.65. The van der Waals surface area contributed by atoms with E-state index in [0.29, 0.717) is 19.4 Å². The maximum atomic E-state index is 13.9. The van der Waals surface area contributed by atoms with E-state index in [9.17, 15) is 29.1 Å². The lowest BCUT2D eigenvalue weighted by Crippen LogP contribution is -2.58. The number of benzene rings is 3. The molecule has 12 heteroatoms. The van der Waals surface area contributed by atoms with Gasteiger partial charge in [0.15, 0.2) is 6.10 Å². The molecule has 5 amide bonds. The number of rotatable bonds is 16. The van der Waals surface area contributed by atoms with E-state index in [4.69, 9.17) is 4.74 Å². The van der Waals surface area contributed by atoms with Gasteiger partial charge in [-0.15, -0.1) is 0 Å². The minimum absolute atomic E-state index is 0.00840. The molecule has 1 heterocycles. The van der Waals surface area contributed by atoms with Crippen molar-refractivity contribution in [1.82, 2.24) is 26.6 Å². The summed E-state index contributed by atoms with van der Waals surface area (Å²) in [5.41, 5.74) is 5.10. The molecule has 12 nitrogen and oxygen atoms in total. The monoisotopic (exact) mass is 709 g/mol. The molecular formula is C40H47N5O7. The van der Waals surface area contributed by atoms with Crippen LogP contribution in [-0.4, -0.2) is 78.3 Å². The van der Waals surface area contributed by atoms with Gasteiger partial charge >= 0.3 is 6.09 Å². The first-order valence-corrected chi connectivity index (χ1v) is 18.2. The fourth-order valence-corrected chi connectivity index (χ4v) is 7.09. The van der Waals surface area contributed by atoms with E-state index in [1.54, 1.807) is 0 Å². The number of carbonyl (C=O) groups is 5. The SMILES string of the molecule is CCC[C@H](NC(=O)[C@@H](Cc1ccccc1)NC(=O)OCC1c2ccccc2-c2ccccc21)C(=O)N[C@@H](C[C@@H]1CCNC1=O)C(O)C(=O)NC1CC1. The quantitative estimate of drug-likeness (QED) is 0.133. The Labute approximate surface area is 303 Å². The third-order valence-electron chi connectivity index (χ3n) is 10.0. The van der Waals surface area contributed by atoms with E-state index >= 15 is 0 Å². The second-order valence-electron chi connectivity index (χ2n) is 13.9. The fraction of sp³-hybridized carbons (Fsp3) is 0.425. The van der Waals surface area contributed by atoms with Gasteiger partial charge in [0.2, 0.25) is 17.7 Å². The lowest BCUT2D eigenvalue weighted by molar-refractivity contribution is -0.135. The number of nitrogens with one attached hydrogen (secondary N) is 5. The minimum atomic E-state index is -1.59. The molecule has 3 aromatic carbocycles. The summed E-state index contributed by atoms with van der Waals surface area (Å²) in [7, 11) is 0. The highest BCUT2D eigenvalue weighted by Gasteiger charge is 2.38. The van der Waals surface area contributed by atoms with Gasteiger partial charge in [-0.2, -0.15) is 0 Å². The lowest BCUT2D eigenvalue weighted by atomic mass is 9.94. The average molecular weight is 710 g/mol. The molecule has 274 valence electrons. The zero-order chi connectivity index (χ0) is 36.6. The van der Waals surface area contributed by atoms with Gasteiger partial charge in [-0.05, 0) is 59.9 Å². The van der Waals surface area contributed by atoms with E-state index in [0.717, 1.165) is 40.7 Å². The normalized spacial score (nSPS) is 18.5. The first-order valence-electron chi connectivity index (χ1n) is 18.2. The summed E-state index contributed by atoms with van der Waals surface area (Å²) in [6, 6.07) is 22.0. The van der Waals surface area contributed by atoms with Crippen LogP contribution in [0.4, 0.5) is 4.79 Å². The molecule has 6 N–H and O–H groups in total. The fourth-order valence-electron chi connectivity index (χ4n) is 7.09. The molecule has 2 aliphatic carbocycles. The minimum Gasteiger partial charge on any atom is -0.449 e. The second kappa shape index (κ2) is 16.9. The molecule has 52 heavy (non-hydrogen) atoms. The van der Waals surface area contributed by atoms with Crippen molar-refractivity contribution >= 4 is 29.7 Å². The van der Waals surface area contributed by atoms with Crippen molar-refractivity contribution in [1.29, 1.82) is 0 Å². The van der Waals surface area contributed by atoms with E-state index < -0.39 is 54.0 Å². The van der Waals surface area contributed by atoms with Crippen molar-refractivity contribution in [3.63, 3.8) is 0 Å². The summed E-state index contributed by atoms with van der Waals surface area (Å²) in [6.07, 6.45) is 0.772. The van der Waals surface area contributed by atoms with Gasteiger partial charge < -0.3 is 36.4 Å². The van der Waals surface area contributed by atoms with Crippen LogP contribution in [0.5, 0.6) is 0 Å². The number of alkyl carbamates (subject to hydrolysis) is 1. The summed E-state index contributed by atoms with van der Waals surface area (Å²) in [4.78, 5) is 66.2. The van der Waals surface area contributed by atoms with Crippen LogP contribution in [0.3, 0.4) is 0 Å². The number of hydrogen-bond acceptors (Lipinski definition) is 7. The van der Waals surface area contributed by atoms with Crippen LogP contribution < -0.4 is 26.6 Å². The zero-order valence-electron chi connectivity index (χ0n) is 29.3. The number of fused-ring (bicyclic) bond motifs is 3. The molecule has 2 fully saturated rings. The Balaban J connectivity index is 1.14. The predicted molar refractivity (Wildman–Crippen MR) is 194 cm³/mol. The van der Waals surface area contributed by atoms with E-state index in [-0.39, 0.29) is 43.7 Å². The molecule has 5 atom stereocenters. The van der Waals surface area contributed by atoms with Gasteiger partial charge in [-0.3, -0.25) is 19.2 Å². The van der Waals surface area contributed by atoms with E-state index in [2.05, 4.69) is 38.7 Å². The summed E-state index contributed by atoms with van der Waals surface area (Å²) >= 11 is 0. The molecule has 1 saturated heterocycles. The van der Waals surface area contributed by atoms with Crippen molar-refractivity contribution in [2.24, 2.45) is 5.92 Å².